The van der Waals surface area contributed by atoms with E-state index in [1.54, 1.807) is 0 Å². The number of fused-ring (bicyclic) bond motifs is 3. The Bertz CT molecular complexity index is 543. The van der Waals surface area contributed by atoms with E-state index in [0.717, 1.165) is 10.9 Å². The first-order valence-electron chi connectivity index (χ1n) is 6.98. The highest BCUT2D eigenvalue weighted by molar-refractivity contribution is 9.10. The first kappa shape index (κ1) is 11.0. The second-order valence-corrected chi connectivity index (χ2v) is 6.87. The molecule has 1 fully saturated rings. The van der Waals surface area contributed by atoms with Crippen LogP contribution in [0.3, 0.4) is 0 Å². The molecule has 0 bridgehead atoms. The second kappa shape index (κ2) is 4.09. The predicted octanol–water partition coefficient (Wildman–Crippen LogP) is 3.49. The van der Waals surface area contributed by atoms with E-state index in [1.807, 2.05) is 6.07 Å². The van der Waals surface area contributed by atoms with Crippen molar-refractivity contribution in [3.63, 3.8) is 0 Å². The van der Waals surface area contributed by atoms with Crippen LogP contribution < -0.4 is 5.32 Å². The molecule has 1 heterocycles. The number of nitrogens with one attached hydrogen (secondary N) is 1. The SMILES string of the molecule is [2H]C1CC(=O)NC2CC(C)(C)c3cc(Br)ccc3C12. The third-order valence-electron chi connectivity index (χ3n) is 4.17. The summed E-state index contributed by atoms with van der Waals surface area (Å²) in [4.78, 5) is 11.7. The van der Waals surface area contributed by atoms with Gasteiger partial charge >= 0.3 is 0 Å². The minimum atomic E-state index is -0.324. The van der Waals surface area contributed by atoms with Crippen molar-refractivity contribution in [2.24, 2.45) is 0 Å². The topological polar surface area (TPSA) is 29.1 Å². The molecule has 96 valence electrons. The number of benzene rings is 1. The molecule has 1 aliphatic carbocycles. The maximum atomic E-state index is 11.7. The van der Waals surface area contributed by atoms with Crippen LogP contribution in [0.2, 0.25) is 0 Å². The number of hydrogen-bond acceptors (Lipinski definition) is 1. The van der Waals surface area contributed by atoms with Gasteiger partial charge in [0, 0.05) is 24.2 Å². The van der Waals surface area contributed by atoms with Gasteiger partial charge in [-0.15, -0.1) is 0 Å². The van der Waals surface area contributed by atoms with E-state index in [2.05, 4.69) is 47.2 Å². The molecule has 0 saturated carbocycles. The van der Waals surface area contributed by atoms with Gasteiger partial charge in [0.2, 0.25) is 5.91 Å². The lowest BCUT2D eigenvalue weighted by molar-refractivity contribution is -0.124. The molecule has 1 amide bonds. The minimum Gasteiger partial charge on any atom is -0.353 e. The largest absolute Gasteiger partial charge is 0.353 e. The third kappa shape index (κ3) is 1.89. The molecule has 18 heavy (non-hydrogen) atoms. The van der Waals surface area contributed by atoms with Gasteiger partial charge in [-0.2, -0.15) is 0 Å². The van der Waals surface area contributed by atoms with E-state index in [1.165, 1.54) is 11.1 Å². The van der Waals surface area contributed by atoms with Gasteiger partial charge in [0.15, 0.2) is 0 Å². The summed E-state index contributed by atoms with van der Waals surface area (Å²) in [5.74, 6) is 0.159. The van der Waals surface area contributed by atoms with Gasteiger partial charge in [0.25, 0.3) is 0 Å². The maximum absolute atomic E-state index is 11.7. The molecule has 1 aromatic carbocycles. The second-order valence-electron chi connectivity index (χ2n) is 5.96. The van der Waals surface area contributed by atoms with Gasteiger partial charge in [0.05, 0.1) is 0 Å². The zero-order valence-electron chi connectivity index (χ0n) is 11.7. The van der Waals surface area contributed by atoms with Crippen LogP contribution >= 0.6 is 15.9 Å². The van der Waals surface area contributed by atoms with Crippen LogP contribution in [0, 0.1) is 0 Å². The summed E-state index contributed by atoms with van der Waals surface area (Å²) in [5.41, 5.74) is 2.59. The highest BCUT2D eigenvalue weighted by atomic mass is 79.9. The van der Waals surface area contributed by atoms with Crippen molar-refractivity contribution in [1.29, 1.82) is 0 Å². The van der Waals surface area contributed by atoms with Crippen LogP contribution in [0.4, 0.5) is 0 Å². The zero-order valence-corrected chi connectivity index (χ0v) is 12.3. The van der Waals surface area contributed by atoms with Gasteiger partial charge in [-0.3, -0.25) is 4.79 Å². The number of halogens is 1. The Morgan fingerprint density at radius 3 is 3.06 bits per heavy atom. The fraction of sp³-hybridized carbons (Fsp3) is 0.533. The number of piperidine rings is 1. The Balaban J connectivity index is 2.13. The summed E-state index contributed by atoms with van der Waals surface area (Å²) >= 11 is 3.54. The quantitative estimate of drug-likeness (QED) is 0.781. The Labute approximate surface area is 118 Å². The molecule has 0 spiro atoms. The third-order valence-corrected chi connectivity index (χ3v) is 4.66. The minimum absolute atomic E-state index is 0.0256. The summed E-state index contributed by atoms with van der Waals surface area (Å²) in [5, 5.41) is 3.09. The fourth-order valence-electron chi connectivity index (χ4n) is 3.34. The van der Waals surface area contributed by atoms with Crippen LogP contribution in [-0.2, 0) is 10.2 Å². The van der Waals surface area contributed by atoms with Gasteiger partial charge in [0.1, 0.15) is 0 Å². The number of carbonyl (C=O) groups excluding carboxylic acids is 1. The first-order valence-corrected chi connectivity index (χ1v) is 7.19. The van der Waals surface area contributed by atoms with Crippen molar-refractivity contribution in [3.8, 4) is 0 Å². The van der Waals surface area contributed by atoms with Gasteiger partial charge < -0.3 is 5.32 Å². The summed E-state index contributed by atoms with van der Waals surface area (Å²) < 4.78 is 9.35. The lowest BCUT2D eigenvalue weighted by Crippen LogP contribution is -2.49. The Morgan fingerprint density at radius 2 is 2.28 bits per heavy atom. The predicted molar refractivity (Wildman–Crippen MR) is 75.7 cm³/mol. The maximum Gasteiger partial charge on any atom is 0.220 e. The molecule has 0 radical (unpaired) electrons. The number of hydrogen-bond donors (Lipinski definition) is 1. The lowest BCUT2D eigenvalue weighted by atomic mass is 9.64. The number of amides is 1. The highest BCUT2D eigenvalue weighted by Crippen LogP contribution is 2.46. The molecule has 2 nitrogen and oxygen atoms in total. The lowest BCUT2D eigenvalue weighted by Gasteiger charge is -2.45. The number of rotatable bonds is 0. The molecule has 1 aromatic rings. The average molecular weight is 309 g/mol. The van der Waals surface area contributed by atoms with Crippen molar-refractivity contribution in [2.75, 3.05) is 0 Å². The molecule has 3 atom stereocenters. The van der Waals surface area contributed by atoms with Gasteiger partial charge in [-0.25, -0.2) is 0 Å². The van der Waals surface area contributed by atoms with Crippen LogP contribution in [-0.4, -0.2) is 11.9 Å². The smallest absolute Gasteiger partial charge is 0.220 e. The van der Waals surface area contributed by atoms with Crippen LogP contribution in [0.15, 0.2) is 22.7 Å². The Kier molecular flexibility index (Phi) is 2.51. The summed E-state index contributed by atoms with van der Waals surface area (Å²) in [6, 6.07) is 6.44. The number of carbonyl (C=O) groups is 1. The first-order chi connectivity index (χ1) is 8.88. The molecule has 1 N–H and O–H groups in total. The average Bonchev–Trinajstić information content (AvgIpc) is 2.28. The Morgan fingerprint density at radius 1 is 1.50 bits per heavy atom. The van der Waals surface area contributed by atoms with E-state index in [0.29, 0.717) is 6.42 Å². The zero-order chi connectivity index (χ0) is 13.8. The van der Waals surface area contributed by atoms with E-state index in [4.69, 9.17) is 1.37 Å². The summed E-state index contributed by atoms with van der Waals surface area (Å²) in [6.07, 6.45) is 0.897. The Hall–Kier alpha value is -0.830. The molecule has 1 aliphatic heterocycles. The molecular formula is C15H18BrNO. The standard InChI is InChI=1S/C15H18BrNO/c1-15(2)8-13-11(5-6-14(18)17-13)10-4-3-9(16)7-12(10)15/h3-4,7,11,13H,5-6,8H2,1-2H3,(H,17,18)/i5D. The van der Waals surface area contributed by atoms with Gasteiger partial charge in [-0.1, -0.05) is 35.8 Å². The van der Waals surface area contributed by atoms with Crippen molar-refractivity contribution in [2.45, 2.75) is 50.5 Å². The van der Waals surface area contributed by atoms with E-state index >= 15 is 0 Å². The molecule has 3 unspecified atom stereocenters. The fourth-order valence-corrected chi connectivity index (χ4v) is 3.70. The van der Waals surface area contributed by atoms with Crippen molar-refractivity contribution >= 4 is 21.8 Å². The normalized spacial score (nSPS) is 34.1. The summed E-state index contributed by atoms with van der Waals surface area (Å²) in [6.45, 7) is 4.43. The van der Waals surface area contributed by atoms with Crippen molar-refractivity contribution in [3.05, 3.63) is 33.8 Å². The van der Waals surface area contributed by atoms with Crippen LogP contribution in [0.25, 0.3) is 0 Å². The molecule has 1 saturated heterocycles. The molecule has 2 aliphatic rings. The summed E-state index contributed by atoms with van der Waals surface area (Å²) in [7, 11) is 0. The van der Waals surface area contributed by atoms with Crippen LogP contribution in [0.5, 0.6) is 0 Å². The monoisotopic (exact) mass is 308 g/mol. The van der Waals surface area contributed by atoms with Crippen molar-refractivity contribution < 1.29 is 6.17 Å². The van der Waals surface area contributed by atoms with Crippen molar-refractivity contribution in [1.82, 2.24) is 5.32 Å². The molecular weight excluding hydrogens is 290 g/mol. The highest BCUT2D eigenvalue weighted by Gasteiger charge is 2.41. The van der Waals surface area contributed by atoms with Gasteiger partial charge in [-0.05, 0) is 41.5 Å². The molecule has 0 aromatic heterocycles. The van der Waals surface area contributed by atoms with E-state index in [-0.39, 0.29) is 29.7 Å². The van der Waals surface area contributed by atoms with Crippen LogP contribution in [0.1, 0.15) is 51.5 Å². The van der Waals surface area contributed by atoms with E-state index < -0.39 is 0 Å². The molecule has 3 heteroatoms. The molecule has 3 rings (SSSR count). The van der Waals surface area contributed by atoms with E-state index in [9.17, 15) is 4.79 Å².